The van der Waals surface area contributed by atoms with Crippen LogP contribution in [0.5, 0.6) is 0 Å². The van der Waals surface area contributed by atoms with Crippen molar-refractivity contribution in [3.8, 4) is 0 Å². The van der Waals surface area contributed by atoms with Gasteiger partial charge in [0.15, 0.2) is 5.78 Å². The summed E-state index contributed by atoms with van der Waals surface area (Å²) < 4.78 is 0. The maximum Gasteiger partial charge on any atom is 0.187 e. The van der Waals surface area contributed by atoms with Crippen molar-refractivity contribution in [3.05, 3.63) is 60.2 Å². The lowest BCUT2D eigenvalue weighted by molar-refractivity contribution is 0.0927. The number of ketones is 1. The molecular formula is C18H22N2O. The van der Waals surface area contributed by atoms with E-state index in [-0.39, 0.29) is 5.78 Å². The molecule has 0 atom stereocenters. The van der Waals surface area contributed by atoms with Gasteiger partial charge in [-0.1, -0.05) is 18.2 Å². The van der Waals surface area contributed by atoms with Crippen molar-refractivity contribution < 1.29 is 4.79 Å². The molecule has 0 spiro atoms. The molecule has 0 unspecified atom stereocenters. The third kappa shape index (κ3) is 3.63. The van der Waals surface area contributed by atoms with Crippen molar-refractivity contribution >= 4 is 17.2 Å². The van der Waals surface area contributed by atoms with Gasteiger partial charge < -0.3 is 10.2 Å². The van der Waals surface area contributed by atoms with Gasteiger partial charge in [-0.25, -0.2) is 0 Å². The van der Waals surface area contributed by atoms with Gasteiger partial charge in [0.1, 0.15) is 0 Å². The monoisotopic (exact) mass is 282 g/mol. The van der Waals surface area contributed by atoms with E-state index in [0.29, 0.717) is 5.56 Å². The number of para-hydroxylation sites is 1. The van der Waals surface area contributed by atoms with E-state index in [4.69, 9.17) is 0 Å². The molecular weight excluding hydrogens is 260 g/mol. The Morgan fingerprint density at radius 1 is 0.952 bits per heavy atom. The van der Waals surface area contributed by atoms with E-state index in [9.17, 15) is 4.79 Å². The molecule has 2 aromatic carbocycles. The summed E-state index contributed by atoms with van der Waals surface area (Å²) in [5.41, 5.74) is 2.09. The molecule has 3 nitrogen and oxygen atoms in total. The molecule has 0 heterocycles. The fraction of sp³-hybridized carbons (Fsp3) is 0.278. The maximum atomic E-state index is 12.7. The second-order valence-electron chi connectivity index (χ2n) is 5.89. The molecule has 21 heavy (non-hydrogen) atoms. The van der Waals surface area contributed by atoms with Crippen molar-refractivity contribution in [2.24, 2.45) is 0 Å². The first-order valence-corrected chi connectivity index (χ1v) is 7.05. The molecule has 3 heteroatoms. The van der Waals surface area contributed by atoms with Gasteiger partial charge >= 0.3 is 0 Å². The smallest absolute Gasteiger partial charge is 0.187 e. The Bertz CT molecular complexity index is 601. The molecule has 110 valence electrons. The minimum absolute atomic E-state index is 0.0802. The average Bonchev–Trinajstić information content (AvgIpc) is 2.47. The van der Waals surface area contributed by atoms with Crippen LogP contribution in [0.3, 0.4) is 0 Å². The first kappa shape index (κ1) is 15.1. The lowest BCUT2D eigenvalue weighted by Crippen LogP contribution is -2.40. The molecule has 0 aliphatic carbocycles. The first-order valence-electron chi connectivity index (χ1n) is 7.05. The zero-order chi connectivity index (χ0) is 15.5. The van der Waals surface area contributed by atoms with E-state index in [0.717, 1.165) is 11.4 Å². The highest BCUT2D eigenvalue weighted by molar-refractivity contribution is 6.04. The highest BCUT2D eigenvalue weighted by Crippen LogP contribution is 2.21. The number of benzene rings is 2. The topological polar surface area (TPSA) is 32.3 Å². The number of carbonyl (C=O) groups excluding carboxylic acids is 1. The van der Waals surface area contributed by atoms with E-state index < -0.39 is 5.54 Å². The van der Waals surface area contributed by atoms with Gasteiger partial charge in [-0.2, -0.15) is 0 Å². The molecule has 0 radical (unpaired) electrons. The van der Waals surface area contributed by atoms with Crippen LogP contribution >= 0.6 is 0 Å². The third-order valence-electron chi connectivity index (χ3n) is 3.44. The molecule has 0 fully saturated rings. The summed E-state index contributed by atoms with van der Waals surface area (Å²) in [6.45, 7) is 3.81. The molecule has 0 bridgehead atoms. The van der Waals surface area contributed by atoms with Gasteiger partial charge in [0.05, 0.1) is 5.54 Å². The van der Waals surface area contributed by atoms with E-state index >= 15 is 0 Å². The first-order chi connectivity index (χ1) is 9.90. The fourth-order valence-corrected chi connectivity index (χ4v) is 2.21. The van der Waals surface area contributed by atoms with Crippen LogP contribution in [-0.2, 0) is 0 Å². The summed E-state index contributed by atoms with van der Waals surface area (Å²) in [6.07, 6.45) is 0. The van der Waals surface area contributed by atoms with Crippen LogP contribution < -0.4 is 10.2 Å². The number of hydrogen-bond donors (Lipinski definition) is 1. The van der Waals surface area contributed by atoms with E-state index in [1.54, 1.807) is 0 Å². The van der Waals surface area contributed by atoms with Gasteiger partial charge in [0.2, 0.25) is 0 Å². The minimum atomic E-state index is -0.652. The van der Waals surface area contributed by atoms with Crippen LogP contribution in [0.2, 0.25) is 0 Å². The molecule has 0 aliphatic rings. The fourth-order valence-electron chi connectivity index (χ4n) is 2.21. The number of Topliss-reactive ketones (excluding diaryl/α,β-unsaturated/α-hetero) is 1. The molecule has 0 amide bonds. The van der Waals surface area contributed by atoms with Crippen LogP contribution in [0.4, 0.5) is 11.4 Å². The largest absolute Gasteiger partial charge is 0.378 e. The maximum absolute atomic E-state index is 12.7. The number of hydrogen-bond acceptors (Lipinski definition) is 3. The molecule has 0 aliphatic heterocycles. The van der Waals surface area contributed by atoms with Crippen LogP contribution in [-0.4, -0.2) is 25.4 Å². The molecule has 0 saturated heterocycles. The van der Waals surface area contributed by atoms with E-state index in [1.165, 1.54) is 0 Å². The van der Waals surface area contributed by atoms with Crippen molar-refractivity contribution in [2.45, 2.75) is 19.4 Å². The van der Waals surface area contributed by atoms with Crippen molar-refractivity contribution in [1.82, 2.24) is 0 Å². The number of rotatable bonds is 5. The van der Waals surface area contributed by atoms with E-state index in [2.05, 4.69) is 5.32 Å². The molecule has 2 rings (SSSR count). The number of nitrogens with one attached hydrogen (secondary N) is 1. The van der Waals surface area contributed by atoms with Crippen LogP contribution in [0.15, 0.2) is 54.6 Å². The van der Waals surface area contributed by atoms with Crippen molar-refractivity contribution in [2.75, 3.05) is 24.3 Å². The Kier molecular flexibility index (Phi) is 4.32. The summed E-state index contributed by atoms with van der Waals surface area (Å²) in [6, 6.07) is 17.5. The summed E-state index contributed by atoms with van der Waals surface area (Å²) in [4.78, 5) is 14.7. The Balaban J connectivity index is 2.17. The van der Waals surface area contributed by atoms with Crippen LogP contribution in [0.1, 0.15) is 24.2 Å². The van der Waals surface area contributed by atoms with Gasteiger partial charge in [-0.05, 0) is 50.2 Å². The zero-order valence-electron chi connectivity index (χ0n) is 13.1. The summed E-state index contributed by atoms with van der Waals surface area (Å²) in [7, 11) is 3.97. The zero-order valence-corrected chi connectivity index (χ0v) is 13.1. The Morgan fingerprint density at radius 3 is 2.05 bits per heavy atom. The number of carbonyl (C=O) groups is 1. The minimum Gasteiger partial charge on any atom is -0.378 e. The Morgan fingerprint density at radius 2 is 1.52 bits per heavy atom. The average molecular weight is 282 g/mol. The standard InChI is InChI=1S/C18H22N2O/c1-18(2,19-15-8-6-5-7-9-15)17(21)14-10-12-16(13-11-14)20(3)4/h5-13,19H,1-4H3. The van der Waals surface area contributed by atoms with Gasteiger partial charge in [0, 0.05) is 31.0 Å². The van der Waals surface area contributed by atoms with Gasteiger partial charge in [-0.3, -0.25) is 4.79 Å². The molecule has 1 N–H and O–H groups in total. The normalized spacial score (nSPS) is 11.0. The summed E-state index contributed by atoms with van der Waals surface area (Å²) in [5, 5.41) is 3.29. The highest BCUT2D eigenvalue weighted by Gasteiger charge is 2.28. The van der Waals surface area contributed by atoms with Gasteiger partial charge in [0.25, 0.3) is 0 Å². The highest BCUT2D eigenvalue weighted by atomic mass is 16.1. The molecule has 2 aromatic rings. The van der Waals surface area contributed by atoms with Gasteiger partial charge in [-0.15, -0.1) is 0 Å². The number of anilines is 2. The predicted octanol–water partition coefficient (Wildman–Crippen LogP) is 3.83. The molecule has 0 aromatic heterocycles. The predicted molar refractivity (Wildman–Crippen MR) is 89.2 cm³/mol. The van der Waals surface area contributed by atoms with Crippen molar-refractivity contribution in [3.63, 3.8) is 0 Å². The Hall–Kier alpha value is -2.29. The summed E-state index contributed by atoms with van der Waals surface area (Å²) in [5.74, 6) is 0.0802. The summed E-state index contributed by atoms with van der Waals surface area (Å²) >= 11 is 0. The lowest BCUT2D eigenvalue weighted by Gasteiger charge is -2.26. The third-order valence-corrected chi connectivity index (χ3v) is 3.44. The van der Waals surface area contributed by atoms with Crippen LogP contribution in [0.25, 0.3) is 0 Å². The second-order valence-corrected chi connectivity index (χ2v) is 5.89. The Labute approximate surface area is 126 Å². The van der Waals surface area contributed by atoms with Crippen molar-refractivity contribution in [1.29, 1.82) is 0 Å². The lowest BCUT2D eigenvalue weighted by atomic mass is 9.92. The van der Waals surface area contributed by atoms with E-state index in [1.807, 2.05) is 87.4 Å². The molecule has 0 saturated carbocycles. The van der Waals surface area contributed by atoms with Crippen LogP contribution in [0, 0.1) is 0 Å². The second kappa shape index (κ2) is 6.00. The quantitative estimate of drug-likeness (QED) is 0.846. The number of nitrogens with zero attached hydrogens (tertiary/aromatic N) is 1. The SMILES string of the molecule is CN(C)c1ccc(C(=O)C(C)(C)Nc2ccccc2)cc1.